The molecule has 0 saturated heterocycles. The summed E-state index contributed by atoms with van der Waals surface area (Å²) in [7, 11) is -2.23. The van der Waals surface area contributed by atoms with Crippen molar-refractivity contribution in [2.45, 2.75) is 25.8 Å². The van der Waals surface area contributed by atoms with Crippen LogP contribution in [0.25, 0.3) is 22.8 Å². The maximum absolute atomic E-state index is 10.7. The molecule has 0 bridgehead atoms. The first-order valence-corrected chi connectivity index (χ1v) is 10.6. The summed E-state index contributed by atoms with van der Waals surface area (Å²) in [5, 5.41) is 0. The van der Waals surface area contributed by atoms with Crippen LogP contribution in [0.4, 0.5) is 0 Å². The molecule has 2 heterocycles. The maximum Gasteiger partial charge on any atom is 0.264 e. The fraction of sp³-hybridized carbons (Fsp3) is 0.300. The lowest BCUT2D eigenvalue weighted by atomic mass is 10.2. The molecule has 0 amide bonds. The molecule has 1 N–H and O–H groups in total. The third-order valence-corrected chi connectivity index (χ3v) is 5.14. The molecule has 0 aliphatic rings. The Kier molecular flexibility index (Phi) is 6.43. The zero-order valence-electron chi connectivity index (χ0n) is 15.6. The standard InChI is InChI=1S/C20H22N2O5S/c1-26-18-7-5-16(6-8-18)19-15-21-20(27-19)17-9-12-22(13-10-17)11-3-2-4-14-28(23,24)25/h5-10,12-13,15H,2-4,11,14H2,1H3/p+1. The van der Waals surface area contributed by atoms with Crippen LogP contribution in [0.5, 0.6) is 5.75 Å². The minimum absolute atomic E-state index is 0.183. The third-order valence-electron chi connectivity index (χ3n) is 4.34. The Morgan fingerprint density at radius 2 is 1.75 bits per heavy atom. The molecule has 28 heavy (non-hydrogen) atoms. The maximum atomic E-state index is 10.7. The molecule has 0 radical (unpaired) electrons. The van der Waals surface area contributed by atoms with Crippen molar-refractivity contribution in [2.24, 2.45) is 0 Å². The van der Waals surface area contributed by atoms with Crippen molar-refractivity contribution < 1.29 is 26.7 Å². The summed E-state index contributed by atoms with van der Waals surface area (Å²) in [6.07, 6.45) is 7.61. The van der Waals surface area contributed by atoms with Gasteiger partial charge < -0.3 is 9.15 Å². The number of benzene rings is 1. The number of rotatable bonds is 9. The quantitative estimate of drug-likeness (QED) is 0.334. The summed E-state index contributed by atoms with van der Waals surface area (Å²) in [6.45, 7) is 0.772. The van der Waals surface area contributed by atoms with Crippen molar-refractivity contribution in [2.75, 3.05) is 12.9 Å². The van der Waals surface area contributed by atoms with E-state index < -0.39 is 10.1 Å². The fourth-order valence-electron chi connectivity index (χ4n) is 2.80. The Balaban J connectivity index is 1.57. The lowest BCUT2D eigenvalue weighted by Crippen LogP contribution is -2.32. The second-order valence-electron chi connectivity index (χ2n) is 6.43. The third kappa shape index (κ3) is 5.64. The van der Waals surface area contributed by atoms with Crippen LogP contribution in [0.2, 0.25) is 0 Å². The first kappa shape index (κ1) is 20.0. The molecule has 1 aromatic carbocycles. The van der Waals surface area contributed by atoms with Gasteiger partial charge in [-0.15, -0.1) is 0 Å². The van der Waals surface area contributed by atoms with Crippen molar-refractivity contribution in [3.05, 3.63) is 55.0 Å². The number of pyridine rings is 1. The molecule has 3 aromatic rings. The van der Waals surface area contributed by atoms with E-state index in [-0.39, 0.29) is 5.75 Å². The zero-order valence-corrected chi connectivity index (χ0v) is 16.4. The second kappa shape index (κ2) is 8.99. The van der Waals surface area contributed by atoms with Crippen LogP contribution in [0, 0.1) is 0 Å². The van der Waals surface area contributed by atoms with E-state index in [1.54, 1.807) is 13.3 Å². The molecule has 0 aliphatic carbocycles. The number of aryl methyl sites for hydroxylation is 1. The van der Waals surface area contributed by atoms with Crippen LogP contribution in [-0.4, -0.2) is 30.8 Å². The van der Waals surface area contributed by atoms with E-state index in [9.17, 15) is 8.42 Å². The van der Waals surface area contributed by atoms with Gasteiger partial charge in [-0.1, -0.05) is 0 Å². The van der Waals surface area contributed by atoms with Crippen molar-refractivity contribution in [3.63, 3.8) is 0 Å². The van der Waals surface area contributed by atoms with Gasteiger partial charge in [-0.2, -0.15) is 8.42 Å². The summed E-state index contributed by atoms with van der Waals surface area (Å²) in [6, 6.07) is 11.5. The van der Waals surface area contributed by atoms with Gasteiger partial charge >= 0.3 is 0 Å². The number of ether oxygens (including phenoxy) is 1. The van der Waals surface area contributed by atoms with Gasteiger partial charge in [0.2, 0.25) is 5.89 Å². The first-order chi connectivity index (χ1) is 13.4. The van der Waals surface area contributed by atoms with Crippen molar-refractivity contribution in [1.29, 1.82) is 0 Å². The number of hydrogen-bond acceptors (Lipinski definition) is 5. The summed E-state index contributed by atoms with van der Waals surface area (Å²) >= 11 is 0. The minimum atomic E-state index is -3.86. The first-order valence-electron chi connectivity index (χ1n) is 8.99. The highest BCUT2D eigenvalue weighted by atomic mass is 32.2. The number of aromatic nitrogens is 2. The van der Waals surface area contributed by atoms with Gasteiger partial charge in [-0.3, -0.25) is 4.55 Å². The van der Waals surface area contributed by atoms with Gasteiger partial charge in [0, 0.05) is 29.7 Å². The lowest BCUT2D eigenvalue weighted by molar-refractivity contribution is -0.697. The molecule has 0 saturated carbocycles. The molecule has 2 aromatic heterocycles. The number of unbranched alkanes of at least 4 members (excludes halogenated alkanes) is 2. The van der Waals surface area contributed by atoms with E-state index in [0.717, 1.165) is 36.3 Å². The molecule has 8 heteroatoms. The van der Waals surface area contributed by atoms with Crippen molar-refractivity contribution >= 4 is 10.1 Å². The Bertz CT molecular complexity index is 996. The molecule has 0 fully saturated rings. The van der Waals surface area contributed by atoms with Gasteiger partial charge in [0.1, 0.15) is 12.3 Å². The molecular weight excluding hydrogens is 380 g/mol. The number of oxazole rings is 1. The lowest BCUT2D eigenvalue weighted by Gasteiger charge is -2.00. The topological polar surface area (TPSA) is 93.5 Å². The largest absolute Gasteiger partial charge is 0.497 e. The van der Waals surface area contributed by atoms with Gasteiger partial charge in [0.05, 0.1) is 19.1 Å². The highest BCUT2D eigenvalue weighted by Crippen LogP contribution is 2.26. The van der Waals surface area contributed by atoms with E-state index in [1.807, 2.05) is 53.4 Å². The van der Waals surface area contributed by atoms with E-state index >= 15 is 0 Å². The van der Waals surface area contributed by atoms with Crippen LogP contribution >= 0.6 is 0 Å². The highest BCUT2D eigenvalue weighted by molar-refractivity contribution is 7.85. The Labute approximate surface area is 164 Å². The number of hydrogen-bond donors (Lipinski definition) is 1. The van der Waals surface area contributed by atoms with Crippen LogP contribution in [-0.2, 0) is 16.7 Å². The van der Waals surface area contributed by atoms with Crippen molar-refractivity contribution in [3.8, 4) is 28.5 Å². The zero-order chi connectivity index (χ0) is 20.0. The smallest absolute Gasteiger partial charge is 0.264 e. The van der Waals surface area contributed by atoms with E-state index in [2.05, 4.69) is 4.98 Å². The predicted molar refractivity (Wildman–Crippen MR) is 104 cm³/mol. The van der Waals surface area contributed by atoms with Gasteiger partial charge in [0.15, 0.2) is 18.2 Å². The SMILES string of the molecule is COc1ccc(-c2cnc(-c3cc[n+](CCCCCS(=O)(=O)O)cc3)o2)cc1. The monoisotopic (exact) mass is 403 g/mol. The fourth-order valence-corrected chi connectivity index (χ4v) is 3.37. The Morgan fingerprint density at radius 1 is 1.04 bits per heavy atom. The van der Waals surface area contributed by atoms with Crippen LogP contribution in [0.1, 0.15) is 19.3 Å². The highest BCUT2D eigenvalue weighted by Gasteiger charge is 2.11. The summed E-state index contributed by atoms with van der Waals surface area (Å²) in [5.74, 6) is 1.84. The molecule has 0 unspecified atom stereocenters. The molecule has 0 aliphatic heterocycles. The van der Waals surface area contributed by atoms with Gasteiger partial charge in [-0.25, -0.2) is 9.55 Å². The molecule has 3 rings (SSSR count). The molecular formula is C20H23N2O5S+. The van der Waals surface area contributed by atoms with Crippen LogP contribution < -0.4 is 9.30 Å². The minimum Gasteiger partial charge on any atom is -0.497 e. The molecule has 7 nitrogen and oxygen atoms in total. The molecule has 0 atom stereocenters. The van der Waals surface area contributed by atoms with E-state index in [4.69, 9.17) is 13.7 Å². The van der Waals surface area contributed by atoms with Crippen LogP contribution in [0.3, 0.4) is 0 Å². The second-order valence-corrected chi connectivity index (χ2v) is 8.00. The Morgan fingerprint density at radius 3 is 2.39 bits per heavy atom. The van der Waals surface area contributed by atoms with Crippen molar-refractivity contribution in [1.82, 2.24) is 4.98 Å². The van der Waals surface area contributed by atoms with E-state index in [0.29, 0.717) is 18.1 Å². The number of nitrogens with zero attached hydrogens (tertiary/aromatic N) is 2. The summed E-state index contributed by atoms with van der Waals surface area (Å²) in [4.78, 5) is 4.36. The van der Waals surface area contributed by atoms with Gasteiger partial charge in [0.25, 0.3) is 10.1 Å². The summed E-state index contributed by atoms with van der Waals surface area (Å²) < 4.78 is 43.1. The summed E-state index contributed by atoms with van der Waals surface area (Å²) in [5.41, 5.74) is 1.80. The average Bonchev–Trinajstić information content (AvgIpc) is 3.17. The average molecular weight is 403 g/mol. The number of methoxy groups -OCH3 is 1. The molecule has 0 spiro atoms. The van der Waals surface area contributed by atoms with E-state index in [1.165, 1.54) is 0 Å². The van der Waals surface area contributed by atoms with Gasteiger partial charge in [-0.05, 0) is 37.1 Å². The predicted octanol–water partition coefficient (Wildman–Crippen LogP) is 3.36. The normalized spacial score (nSPS) is 11.5. The van der Waals surface area contributed by atoms with Crippen LogP contribution in [0.15, 0.2) is 59.4 Å². The Hall–Kier alpha value is -2.71. The molecule has 148 valence electrons.